The molecule has 2 aromatic heterocycles. The lowest BCUT2D eigenvalue weighted by molar-refractivity contribution is -0.682. The molecule has 0 radical (unpaired) electrons. The van der Waals surface area contributed by atoms with Gasteiger partial charge in [0.1, 0.15) is 5.52 Å². The second-order valence-electron chi connectivity index (χ2n) is 8.48. The number of Topliss-reactive ketones (excluding diaryl/α,β-unsaturated/α-hetero) is 1. The van der Waals surface area contributed by atoms with Crippen molar-refractivity contribution in [3.63, 3.8) is 0 Å². The van der Waals surface area contributed by atoms with Crippen molar-refractivity contribution in [1.29, 1.82) is 0 Å². The van der Waals surface area contributed by atoms with Crippen LogP contribution in [0.3, 0.4) is 0 Å². The van der Waals surface area contributed by atoms with E-state index < -0.39 is 0 Å². The lowest BCUT2D eigenvalue weighted by Gasteiger charge is -2.13. The number of nitrogens with zero attached hydrogens (tertiary/aromatic N) is 2. The molecule has 190 valence electrons. The van der Waals surface area contributed by atoms with Crippen LogP contribution >= 0.6 is 11.6 Å². The van der Waals surface area contributed by atoms with E-state index in [0.29, 0.717) is 34.4 Å². The largest absolute Gasteiger partial charge is 1.00 e. The summed E-state index contributed by atoms with van der Waals surface area (Å²) in [5.74, 6) is 1.28. The number of halogens is 2. The molecule has 0 atom stereocenters. The Labute approximate surface area is 230 Å². The van der Waals surface area contributed by atoms with Crippen molar-refractivity contribution in [2.24, 2.45) is 0 Å². The summed E-state index contributed by atoms with van der Waals surface area (Å²) in [5.41, 5.74) is 3.81. The lowest BCUT2D eigenvalue weighted by Crippen LogP contribution is -3.00. The van der Waals surface area contributed by atoms with Gasteiger partial charge in [-0.15, -0.1) is 0 Å². The van der Waals surface area contributed by atoms with Crippen LogP contribution in [0.15, 0.2) is 79.1 Å². The van der Waals surface area contributed by atoms with Crippen LogP contribution < -0.4 is 35.8 Å². The number of hydrogen-bond donors (Lipinski definition) is 0. The van der Waals surface area contributed by atoms with Crippen LogP contribution in [0.1, 0.15) is 15.9 Å². The zero-order valence-electron chi connectivity index (χ0n) is 20.7. The Morgan fingerprint density at radius 3 is 2.16 bits per heavy atom. The van der Waals surface area contributed by atoms with Gasteiger partial charge < -0.3 is 35.8 Å². The summed E-state index contributed by atoms with van der Waals surface area (Å²) in [6, 6.07) is 21.6. The van der Waals surface area contributed by atoms with Gasteiger partial charge in [-0.25, -0.2) is 0 Å². The highest BCUT2D eigenvalue weighted by Crippen LogP contribution is 2.38. The maximum atomic E-state index is 13.3. The zero-order chi connectivity index (χ0) is 25.2. The predicted octanol–water partition coefficient (Wildman–Crippen LogP) is 2.70. The van der Waals surface area contributed by atoms with E-state index in [1.54, 1.807) is 12.1 Å². The number of methoxy groups -OCH3 is 3. The molecule has 0 fully saturated rings. The Morgan fingerprint density at radius 1 is 0.865 bits per heavy atom. The molecule has 5 aromatic rings. The molecular weight excluding hydrogens is 556 g/mol. The molecule has 0 spiro atoms. The Morgan fingerprint density at radius 2 is 1.51 bits per heavy atom. The molecule has 0 amide bonds. The third kappa shape index (κ3) is 5.15. The van der Waals surface area contributed by atoms with Crippen molar-refractivity contribution in [2.75, 3.05) is 21.3 Å². The maximum absolute atomic E-state index is 13.3. The van der Waals surface area contributed by atoms with E-state index in [0.717, 1.165) is 22.0 Å². The van der Waals surface area contributed by atoms with Crippen LogP contribution in [0, 0.1) is 0 Å². The SMILES string of the molecule is COc1cc(C(=O)C[n+]2ccc3c4ccccc4n(Cc4ccc(Cl)cc4)c3c2)cc(OC)c1OC.[Br-]. The number of ketones is 1. The monoisotopic (exact) mass is 580 g/mol. The first-order chi connectivity index (χ1) is 17.5. The average molecular weight is 582 g/mol. The number of carbonyl (C=O) groups excluding carboxylic acids is 1. The van der Waals surface area contributed by atoms with Crippen LogP contribution in [0.4, 0.5) is 0 Å². The standard InChI is InChI=1S/C29H26ClN2O4.BrH/c1-34-27-14-20(15-28(35-2)29(27)36-3)26(33)18-31-13-12-23-22-6-4-5-7-24(22)32(25(23)17-31)16-19-8-10-21(30)11-9-19;/h4-15,17H,16,18H2,1-3H3;1H/q+1;/p-1. The van der Waals surface area contributed by atoms with Crippen molar-refractivity contribution in [3.05, 3.63) is 95.3 Å². The molecule has 2 heterocycles. The Balaban J connectivity index is 0.00000320. The van der Waals surface area contributed by atoms with Crippen LogP contribution in [-0.4, -0.2) is 31.7 Å². The Bertz CT molecular complexity index is 1560. The Kier molecular flexibility index (Phi) is 8.05. The highest BCUT2D eigenvalue weighted by atomic mass is 79.9. The summed E-state index contributed by atoms with van der Waals surface area (Å²) in [5, 5.41) is 3.02. The third-order valence-corrected chi connectivity index (χ3v) is 6.59. The first-order valence-electron chi connectivity index (χ1n) is 11.5. The van der Waals surface area contributed by atoms with Gasteiger partial charge in [-0.3, -0.25) is 4.79 Å². The fourth-order valence-corrected chi connectivity index (χ4v) is 4.70. The number of carbonyl (C=O) groups is 1. The van der Waals surface area contributed by atoms with Crippen molar-refractivity contribution < 1.29 is 40.6 Å². The molecule has 0 aliphatic heterocycles. The van der Waals surface area contributed by atoms with E-state index in [4.69, 9.17) is 25.8 Å². The number of rotatable bonds is 8. The number of benzene rings is 3. The van der Waals surface area contributed by atoms with E-state index in [2.05, 4.69) is 22.8 Å². The lowest BCUT2D eigenvalue weighted by atomic mass is 10.1. The molecule has 0 saturated heterocycles. The maximum Gasteiger partial charge on any atom is 0.227 e. The smallest absolute Gasteiger partial charge is 0.227 e. The van der Waals surface area contributed by atoms with E-state index >= 15 is 0 Å². The van der Waals surface area contributed by atoms with Gasteiger partial charge in [0.25, 0.3) is 0 Å². The molecule has 6 nitrogen and oxygen atoms in total. The van der Waals surface area contributed by atoms with Gasteiger partial charge in [-0.2, -0.15) is 4.57 Å². The van der Waals surface area contributed by atoms with Gasteiger partial charge in [0.05, 0.1) is 21.3 Å². The number of ether oxygens (including phenoxy) is 3. The summed E-state index contributed by atoms with van der Waals surface area (Å²) in [4.78, 5) is 13.3. The van der Waals surface area contributed by atoms with Crippen molar-refractivity contribution >= 4 is 39.2 Å². The van der Waals surface area contributed by atoms with Crippen LogP contribution in [0.25, 0.3) is 21.8 Å². The molecule has 8 heteroatoms. The van der Waals surface area contributed by atoms with Crippen molar-refractivity contribution in [1.82, 2.24) is 4.57 Å². The molecule has 0 aliphatic rings. The highest BCUT2D eigenvalue weighted by Gasteiger charge is 2.21. The average Bonchev–Trinajstić information content (AvgIpc) is 3.21. The fourth-order valence-electron chi connectivity index (χ4n) is 4.57. The normalized spacial score (nSPS) is 10.8. The van der Waals surface area contributed by atoms with Crippen LogP contribution in [0.5, 0.6) is 17.2 Å². The summed E-state index contributed by atoms with van der Waals surface area (Å²) in [6.45, 7) is 0.850. The summed E-state index contributed by atoms with van der Waals surface area (Å²) in [6.07, 6.45) is 3.97. The van der Waals surface area contributed by atoms with Crippen LogP contribution in [-0.2, 0) is 13.1 Å². The van der Waals surface area contributed by atoms with Gasteiger partial charge in [0.15, 0.2) is 23.9 Å². The van der Waals surface area contributed by atoms with E-state index in [1.165, 1.54) is 26.7 Å². The number of para-hydroxylation sites is 1. The molecule has 5 rings (SSSR count). The molecule has 37 heavy (non-hydrogen) atoms. The number of fused-ring (bicyclic) bond motifs is 3. The van der Waals surface area contributed by atoms with E-state index in [-0.39, 0.29) is 29.3 Å². The summed E-state index contributed by atoms with van der Waals surface area (Å²) >= 11 is 6.09. The minimum Gasteiger partial charge on any atom is -1.00 e. The quantitative estimate of drug-likeness (QED) is 0.209. The third-order valence-electron chi connectivity index (χ3n) is 6.34. The number of pyridine rings is 1. The molecule has 3 aromatic carbocycles. The fraction of sp³-hybridized carbons (Fsp3) is 0.172. The zero-order valence-corrected chi connectivity index (χ0v) is 23.0. The number of hydrogen-bond acceptors (Lipinski definition) is 4. The molecule has 0 N–H and O–H groups in total. The topological polar surface area (TPSA) is 53.6 Å². The van der Waals surface area contributed by atoms with Gasteiger partial charge in [-0.1, -0.05) is 41.9 Å². The first-order valence-corrected chi connectivity index (χ1v) is 11.9. The molecular formula is C29H26BrClN2O4. The van der Waals surface area contributed by atoms with Crippen molar-refractivity contribution in [3.8, 4) is 17.2 Å². The van der Waals surface area contributed by atoms with Gasteiger partial charge in [-0.05, 0) is 35.9 Å². The van der Waals surface area contributed by atoms with Crippen LogP contribution in [0.2, 0.25) is 5.02 Å². The van der Waals surface area contributed by atoms with Gasteiger partial charge >= 0.3 is 0 Å². The summed E-state index contributed by atoms with van der Waals surface area (Å²) in [7, 11) is 4.61. The van der Waals surface area contributed by atoms with E-state index in [1.807, 2.05) is 53.4 Å². The number of aromatic nitrogens is 2. The molecule has 0 bridgehead atoms. The van der Waals surface area contributed by atoms with Gasteiger partial charge in [0.2, 0.25) is 18.1 Å². The first kappa shape index (κ1) is 26.5. The minimum absolute atomic E-state index is 0. The second kappa shape index (κ2) is 11.2. The molecule has 0 aliphatic carbocycles. The highest BCUT2D eigenvalue weighted by molar-refractivity contribution is 6.30. The van der Waals surface area contributed by atoms with Crippen molar-refractivity contribution in [2.45, 2.75) is 13.1 Å². The van der Waals surface area contributed by atoms with E-state index in [9.17, 15) is 4.79 Å². The minimum atomic E-state index is -0.0704. The molecule has 0 saturated carbocycles. The Hall–Kier alpha value is -3.55. The summed E-state index contributed by atoms with van der Waals surface area (Å²) < 4.78 is 20.4. The predicted molar refractivity (Wildman–Crippen MR) is 141 cm³/mol. The van der Waals surface area contributed by atoms with Gasteiger partial charge in [0, 0.05) is 39.5 Å². The molecule has 0 unspecified atom stereocenters. The second-order valence-corrected chi connectivity index (χ2v) is 8.92.